The molecule has 29 heavy (non-hydrogen) atoms. The van der Waals surface area contributed by atoms with Crippen LogP contribution in [0.15, 0.2) is 72.8 Å². The van der Waals surface area contributed by atoms with Crippen LogP contribution in [-0.4, -0.2) is 15.8 Å². The van der Waals surface area contributed by atoms with Crippen molar-refractivity contribution in [3.63, 3.8) is 0 Å². The minimum atomic E-state index is -0.501. The molecule has 0 saturated heterocycles. The van der Waals surface area contributed by atoms with Gasteiger partial charge in [-0.1, -0.05) is 53.8 Å². The lowest BCUT2D eigenvalue weighted by Gasteiger charge is -2.20. The molecule has 0 aliphatic rings. The van der Waals surface area contributed by atoms with E-state index >= 15 is 0 Å². The fourth-order valence-corrected chi connectivity index (χ4v) is 4.10. The van der Waals surface area contributed by atoms with E-state index in [9.17, 15) is 14.9 Å². The minimum Gasteiger partial charge on any atom is -0.279 e. The Bertz CT molecular complexity index is 1200. The van der Waals surface area contributed by atoms with Crippen molar-refractivity contribution in [1.29, 1.82) is 0 Å². The Balaban J connectivity index is 1.77. The van der Waals surface area contributed by atoms with Gasteiger partial charge in [0.15, 0.2) is 5.13 Å². The van der Waals surface area contributed by atoms with E-state index in [0.29, 0.717) is 11.7 Å². The third kappa shape index (κ3) is 4.00. The van der Waals surface area contributed by atoms with E-state index in [-0.39, 0.29) is 17.2 Å². The number of carbonyl (C=O) groups is 1. The summed E-state index contributed by atoms with van der Waals surface area (Å²) in [4.78, 5) is 30.2. The van der Waals surface area contributed by atoms with Crippen LogP contribution in [0.2, 0.25) is 0 Å². The maximum absolute atomic E-state index is 13.3. The van der Waals surface area contributed by atoms with Crippen LogP contribution in [0.3, 0.4) is 0 Å². The van der Waals surface area contributed by atoms with Crippen LogP contribution in [0.1, 0.15) is 21.5 Å². The number of fused-ring (bicyclic) bond motifs is 1. The quantitative estimate of drug-likeness (QED) is 0.332. The number of amides is 1. The van der Waals surface area contributed by atoms with Crippen molar-refractivity contribution in [3.8, 4) is 0 Å². The summed E-state index contributed by atoms with van der Waals surface area (Å²) in [7, 11) is 0. The number of benzene rings is 3. The van der Waals surface area contributed by atoms with Crippen LogP contribution in [0, 0.1) is 17.0 Å². The standard InChI is InChI=1S/C22H17N3O3S/c1-15-10-11-19-20(12-15)29-22(23-19)24(14-16-6-3-2-4-7-16)21(26)17-8-5-9-18(13-17)25(27)28/h2-13H,14H2,1H3. The van der Waals surface area contributed by atoms with Gasteiger partial charge in [0.25, 0.3) is 11.6 Å². The molecule has 0 spiro atoms. The monoisotopic (exact) mass is 403 g/mol. The van der Waals surface area contributed by atoms with Gasteiger partial charge in [0.2, 0.25) is 0 Å². The number of aromatic nitrogens is 1. The first-order valence-corrected chi connectivity index (χ1v) is 9.80. The lowest BCUT2D eigenvalue weighted by Crippen LogP contribution is -2.30. The van der Waals surface area contributed by atoms with E-state index in [4.69, 9.17) is 0 Å². The molecule has 0 radical (unpaired) electrons. The molecule has 1 amide bonds. The van der Waals surface area contributed by atoms with Gasteiger partial charge in [-0.15, -0.1) is 0 Å². The van der Waals surface area contributed by atoms with Crippen molar-refractivity contribution in [1.82, 2.24) is 4.98 Å². The number of aryl methyl sites for hydroxylation is 1. The Morgan fingerprint density at radius 1 is 1.07 bits per heavy atom. The second-order valence-corrected chi connectivity index (χ2v) is 7.66. The van der Waals surface area contributed by atoms with Crippen molar-refractivity contribution in [2.45, 2.75) is 13.5 Å². The lowest BCUT2D eigenvalue weighted by molar-refractivity contribution is -0.384. The SMILES string of the molecule is Cc1ccc2nc(N(Cc3ccccc3)C(=O)c3cccc([N+](=O)[O-])c3)sc2c1. The van der Waals surface area contributed by atoms with Gasteiger partial charge < -0.3 is 0 Å². The van der Waals surface area contributed by atoms with Gasteiger partial charge >= 0.3 is 0 Å². The lowest BCUT2D eigenvalue weighted by atomic mass is 10.1. The van der Waals surface area contributed by atoms with E-state index < -0.39 is 4.92 Å². The van der Waals surface area contributed by atoms with Crippen molar-refractivity contribution in [2.75, 3.05) is 4.90 Å². The highest BCUT2D eigenvalue weighted by Crippen LogP contribution is 2.31. The molecule has 0 aliphatic heterocycles. The molecule has 0 N–H and O–H groups in total. The molecule has 0 bridgehead atoms. The van der Waals surface area contributed by atoms with Crippen molar-refractivity contribution < 1.29 is 9.72 Å². The highest BCUT2D eigenvalue weighted by atomic mass is 32.1. The number of thiazole rings is 1. The average molecular weight is 403 g/mol. The van der Waals surface area contributed by atoms with Crippen LogP contribution < -0.4 is 4.90 Å². The summed E-state index contributed by atoms with van der Waals surface area (Å²) >= 11 is 1.43. The third-order valence-electron chi connectivity index (χ3n) is 4.50. The van der Waals surface area contributed by atoms with Crippen LogP contribution in [0.5, 0.6) is 0 Å². The van der Waals surface area contributed by atoms with E-state index in [1.165, 1.54) is 29.5 Å². The first-order chi connectivity index (χ1) is 14.0. The zero-order valence-electron chi connectivity index (χ0n) is 15.6. The second-order valence-electron chi connectivity index (χ2n) is 6.65. The van der Waals surface area contributed by atoms with Crippen molar-refractivity contribution >= 4 is 38.3 Å². The predicted molar refractivity (Wildman–Crippen MR) is 114 cm³/mol. The summed E-state index contributed by atoms with van der Waals surface area (Å²) in [6.45, 7) is 2.33. The van der Waals surface area contributed by atoms with Gasteiger partial charge in [0, 0.05) is 17.7 Å². The number of nitro groups is 1. The number of hydrogen-bond donors (Lipinski definition) is 0. The third-order valence-corrected chi connectivity index (χ3v) is 5.54. The minimum absolute atomic E-state index is 0.115. The van der Waals surface area contributed by atoms with E-state index in [1.54, 1.807) is 11.0 Å². The topological polar surface area (TPSA) is 76.3 Å². The zero-order valence-corrected chi connectivity index (χ0v) is 16.4. The molecule has 0 aliphatic carbocycles. The number of nitrogens with zero attached hydrogens (tertiary/aromatic N) is 3. The maximum atomic E-state index is 13.3. The Kier molecular flexibility index (Phi) is 5.05. The molecule has 6 nitrogen and oxygen atoms in total. The predicted octanol–water partition coefficient (Wildman–Crippen LogP) is 5.36. The molecular formula is C22H17N3O3S. The Morgan fingerprint density at radius 3 is 2.62 bits per heavy atom. The molecule has 1 aromatic heterocycles. The van der Waals surface area contributed by atoms with Crippen molar-refractivity contribution in [3.05, 3.63) is 99.6 Å². The second kappa shape index (κ2) is 7.81. The Morgan fingerprint density at radius 2 is 1.86 bits per heavy atom. The fraction of sp³-hybridized carbons (Fsp3) is 0.0909. The summed E-state index contributed by atoms with van der Waals surface area (Å²) in [5.41, 5.74) is 3.02. The van der Waals surface area contributed by atoms with Gasteiger partial charge in [-0.05, 0) is 36.2 Å². The molecule has 1 heterocycles. The maximum Gasteiger partial charge on any atom is 0.270 e. The molecule has 0 atom stereocenters. The number of hydrogen-bond acceptors (Lipinski definition) is 5. The average Bonchev–Trinajstić information content (AvgIpc) is 3.15. The number of anilines is 1. The normalized spacial score (nSPS) is 10.8. The largest absolute Gasteiger partial charge is 0.279 e. The molecule has 0 fully saturated rings. The number of nitro benzene ring substituents is 1. The summed E-state index contributed by atoms with van der Waals surface area (Å²) in [5.74, 6) is -0.326. The van der Waals surface area contributed by atoms with E-state index in [0.717, 1.165) is 21.3 Å². The summed E-state index contributed by atoms with van der Waals surface area (Å²) in [6, 6.07) is 21.3. The molecule has 7 heteroatoms. The first kappa shape index (κ1) is 18.8. The van der Waals surface area contributed by atoms with Gasteiger partial charge in [-0.25, -0.2) is 4.98 Å². The van der Waals surface area contributed by atoms with Crippen molar-refractivity contribution in [2.24, 2.45) is 0 Å². The number of non-ortho nitro benzene ring substituents is 1. The van der Waals surface area contributed by atoms with Gasteiger partial charge in [-0.3, -0.25) is 19.8 Å². The molecule has 4 aromatic rings. The van der Waals surface area contributed by atoms with E-state index in [2.05, 4.69) is 4.98 Å². The van der Waals surface area contributed by atoms with Crippen LogP contribution in [0.4, 0.5) is 10.8 Å². The molecular weight excluding hydrogens is 386 g/mol. The van der Waals surface area contributed by atoms with Crippen LogP contribution in [0.25, 0.3) is 10.2 Å². The summed E-state index contributed by atoms with van der Waals surface area (Å²) in [6.07, 6.45) is 0. The van der Waals surface area contributed by atoms with Gasteiger partial charge in [0.05, 0.1) is 21.7 Å². The highest BCUT2D eigenvalue weighted by Gasteiger charge is 2.23. The van der Waals surface area contributed by atoms with E-state index in [1.807, 2.05) is 55.5 Å². The van der Waals surface area contributed by atoms with Crippen LogP contribution in [-0.2, 0) is 6.54 Å². The fourth-order valence-electron chi connectivity index (χ4n) is 3.04. The first-order valence-electron chi connectivity index (χ1n) is 8.99. The summed E-state index contributed by atoms with van der Waals surface area (Å²) < 4.78 is 0.991. The highest BCUT2D eigenvalue weighted by molar-refractivity contribution is 7.22. The number of rotatable bonds is 5. The number of carbonyl (C=O) groups excluding carboxylic acids is 1. The van der Waals surface area contributed by atoms with Gasteiger partial charge in [-0.2, -0.15) is 0 Å². The smallest absolute Gasteiger partial charge is 0.270 e. The molecule has 4 rings (SSSR count). The molecule has 144 valence electrons. The van der Waals surface area contributed by atoms with Crippen LogP contribution >= 0.6 is 11.3 Å². The summed E-state index contributed by atoms with van der Waals surface area (Å²) in [5, 5.41) is 11.7. The molecule has 0 unspecified atom stereocenters. The Labute approximate surface area is 171 Å². The molecule has 3 aromatic carbocycles. The Hall–Kier alpha value is -3.58. The molecule has 0 saturated carbocycles. The zero-order chi connectivity index (χ0) is 20.4. The van der Waals surface area contributed by atoms with Gasteiger partial charge in [0.1, 0.15) is 0 Å².